The van der Waals surface area contributed by atoms with Crippen LogP contribution in [0.1, 0.15) is 24.8 Å². The van der Waals surface area contributed by atoms with E-state index in [-0.39, 0.29) is 29.8 Å². The Labute approximate surface area is 126 Å². The summed E-state index contributed by atoms with van der Waals surface area (Å²) in [6, 6.07) is 8.09. The summed E-state index contributed by atoms with van der Waals surface area (Å²) in [6.07, 6.45) is 2.20. The number of methoxy groups -OCH3 is 1. The molecule has 5 heteroatoms. The van der Waals surface area contributed by atoms with E-state index in [1.807, 2.05) is 17.0 Å². The third kappa shape index (κ3) is 2.14. The van der Waals surface area contributed by atoms with Crippen molar-refractivity contribution in [3.63, 3.8) is 0 Å². The quantitative estimate of drug-likeness (QED) is 0.796. The summed E-state index contributed by atoms with van der Waals surface area (Å²) < 4.78 is 5.79. The first-order valence-corrected chi connectivity index (χ1v) is 7.50. The number of halogens is 1. The maximum absolute atomic E-state index is 12.2. The molecule has 4 nitrogen and oxygen atoms in total. The van der Waals surface area contributed by atoms with E-state index >= 15 is 0 Å². The van der Waals surface area contributed by atoms with Gasteiger partial charge in [0.15, 0.2) is 0 Å². The number of amides is 1. The largest absolute Gasteiger partial charge is 0.469 e. The number of esters is 1. The van der Waals surface area contributed by atoms with Crippen molar-refractivity contribution in [2.45, 2.75) is 24.8 Å². The van der Waals surface area contributed by atoms with Crippen LogP contribution in [0.5, 0.6) is 0 Å². The lowest BCUT2D eigenvalue weighted by Crippen LogP contribution is -2.37. The van der Waals surface area contributed by atoms with Crippen molar-refractivity contribution in [2.24, 2.45) is 5.92 Å². The highest BCUT2D eigenvalue weighted by Gasteiger charge is 2.54. The van der Waals surface area contributed by atoms with Crippen LogP contribution in [0.4, 0.5) is 0 Å². The van der Waals surface area contributed by atoms with E-state index in [0.717, 1.165) is 22.9 Å². The van der Waals surface area contributed by atoms with Crippen molar-refractivity contribution >= 4 is 27.8 Å². The number of hydrogen-bond acceptors (Lipinski definition) is 3. The third-order valence-electron chi connectivity index (χ3n) is 4.28. The minimum Gasteiger partial charge on any atom is -0.469 e. The minimum absolute atomic E-state index is 0.0563. The Balaban J connectivity index is 1.84. The highest BCUT2D eigenvalue weighted by Crippen LogP contribution is 2.53. The van der Waals surface area contributed by atoms with Gasteiger partial charge in [0.2, 0.25) is 5.91 Å². The summed E-state index contributed by atoms with van der Waals surface area (Å²) in [5.41, 5.74) is 0.958. The normalized spacial score (nSPS) is 23.8. The summed E-state index contributed by atoms with van der Waals surface area (Å²) in [5.74, 6) is -0.548. The molecule has 1 heterocycles. The van der Waals surface area contributed by atoms with Gasteiger partial charge in [-0.15, -0.1) is 0 Å². The van der Waals surface area contributed by atoms with Gasteiger partial charge in [-0.25, -0.2) is 0 Å². The first kappa shape index (κ1) is 13.6. The molecule has 1 aromatic rings. The van der Waals surface area contributed by atoms with Crippen LogP contribution in [-0.2, 0) is 19.9 Å². The lowest BCUT2D eigenvalue weighted by molar-refractivity contribution is -0.145. The van der Waals surface area contributed by atoms with Crippen molar-refractivity contribution in [2.75, 3.05) is 13.7 Å². The van der Waals surface area contributed by atoms with E-state index in [9.17, 15) is 9.59 Å². The van der Waals surface area contributed by atoms with Crippen LogP contribution >= 0.6 is 15.9 Å². The maximum atomic E-state index is 12.2. The van der Waals surface area contributed by atoms with Crippen molar-refractivity contribution < 1.29 is 14.3 Å². The molecule has 1 aromatic carbocycles. The first-order valence-electron chi connectivity index (χ1n) is 6.71. The molecule has 2 fully saturated rings. The SMILES string of the molecule is COC(=O)C1CC(=O)N(C2(c3ccc(Br)cc3)CC2)C1. The lowest BCUT2D eigenvalue weighted by atomic mass is 10.0. The Morgan fingerprint density at radius 1 is 1.35 bits per heavy atom. The van der Waals surface area contributed by atoms with Crippen LogP contribution in [-0.4, -0.2) is 30.4 Å². The van der Waals surface area contributed by atoms with Crippen LogP contribution < -0.4 is 0 Å². The smallest absolute Gasteiger partial charge is 0.310 e. The second-order valence-electron chi connectivity index (χ2n) is 5.47. The molecule has 3 rings (SSSR count). The van der Waals surface area contributed by atoms with Crippen LogP contribution in [0.15, 0.2) is 28.7 Å². The lowest BCUT2D eigenvalue weighted by Gasteiger charge is -2.28. The van der Waals surface area contributed by atoms with Gasteiger partial charge < -0.3 is 9.64 Å². The summed E-state index contributed by atoms with van der Waals surface area (Å²) in [4.78, 5) is 25.7. The number of likely N-dealkylation sites (tertiary alicyclic amines) is 1. The standard InChI is InChI=1S/C15H16BrNO3/c1-20-14(19)10-8-13(18)17(9-10)15(6-7-15)11-2-4-12(16)5-3-11/h2-5,10H,6-9H2,1H3. The summed E-state index contributed by atoms with van der Waals surface area (Å²) >= 11 is 3.42. The summed E-state index contributed by atoms with van der Waals surface area (Å²) in [5, 5.41) is 0. The van der Waals surface area contributed by atoms with Crippen molar-refractivity contribution in [3.8, 4) is 0 Å². The zero-order valence-electron chi connectivity index (χ0n) is 11.3. The van der Waals surface area contributed by atoms with Gasteiger partial charge in [0.05, 0.1) is 18.6 Å². The number of hydrogen-bond donors (Lipinski definition) is 0. The molecule has 1 amide bonds. The molecule has 1 unspecified atom stereocenters. The van der Waals surface area contributed by atoms with Gasteiger partial charge >= 0.3 is 5.97 Å². The Bertz CT molecular complexity index is 551. The van der Waals surface area contributed by atoms with Crippen LogP contribution in [0.2, 0.25) is 0 Å². The van der Waals surface area contributed by atoms with E-state index in [1.165, 1.54) is 7.11 Å². The monoisotopic (exact) mass is 337 g/mol. The first-order chi connectivity index (χ1) is 9.56. The molecule has 1 aliphatic heterocycles. The van der Waals surface area contributed by atoms with Gasteiger partial charge in [-0.2, -0.15) is 0 Å². The predicted octanol–water partition coefficient (Wildman–Crippen LogP) is 2.46. The zero-order valence-corrected chi connectivity index (χ0v) is 12.9. The zero-order chi connectivity index (χ0) is 14.3. The number of carbonyl (C=O) groups excluding carboxylic acids is 2. The Hall–Kier alpha value is -1.36. The van der Waals surface area contributed by atoms with Crippen LogP contribution in [0.3, 0.4) is 0 Å². The van der Waals surface area contributed by atoms with Crippen LogP contribution in [0, 0.1) is 5.92 Å². The van der Waals surface area contributed by atoms with E-state index < -0.39 is 0 Å². The summed E-state index contributed by atoms with van der Waals surface area (Å²) in [6.45, 7) is 0.474. The topological polar surface area (TPSA) is 46.6 Å². The number of nitrogens with zero attached hydrogens (tertiary/aromatic N) is 1. The molecule has 1 saturated heterocycles. The summed E-state index contributed by atoms with van der Waals surface area (Å²) in [7, 11) is 1.37. The Morgan fingerprint density at radius 3 is 2.55 bits per heavy atom. The fourth-order valence-electron chi connectivity index (χ4n) is 3.04. The number of benzene rings is 1. The third-order valence-corrected chi connectivity index (χ3v) is 4.81. The molecule has 0 radical (unpaired) electrons. The number of rotatable bonds is 3. The highest BCUT2D eigenvalue weighted by atomic mass is 79.9. The van der Waals surface area contributed by atoms with Gasteiger partial charge in [0, 0.05) is 17.4 Å². The molecule has 0 aromatic heterocycles. The molecule has 106 valence electrons. The van der Waals surface area contributed by atoms with Gasteiger partial charge in [-0.1, -0.05) is 28.1 Å². The van der Waals surface area contributed by atoms with E-state index in [0.29, 0.717) is 6.54 Å². The molecule has 0 spiro atoms. The maximum Gasteiger partial charge on any atom is 0.310 e. The van der Waals surface area contributed by atoms with Gasteiger partial charge in [0.25, 0.3) is 0 Å². The Morgan fingerprint density at radius 2 is 2.00 bits per heavy atom. The van der Waals surface area contributed by atoms with Gasteiger partial charge in [0.1, 0.15) is 0 Å². The van der Waals surface area contributed by atoms with E-state index in [4.69, 9.17) is 4.74 Å². The molecule has 1 aliphatic carbocycles. The molecule has 20 heavy (non-hydrogen) atoms. The number of ether oxygens (including phenoxy) is 1. The average molecular weight is 338 g/mol. The fourth-order valence-corrected chi connectivity index (χ4v) is 3.30. The van der Waals surface area contributed by atoms with E-state index in [1.54, 1.807) is 0 Å². The molecule has 1 atom stereocenters. The molecule has 0 N–H and O–H groups in total. The second kappa shape index (κ2) is 4.88. The fraction of sp³-hybridized carbons (Fsp3) is 0.467. The average Bonchev–Trinajstić information content (AvgIpc) is 3.16. The van der Waals surface area contributed by atoms with Gasteiger partial charge in [-0.3, -0.25) is 9.59 Å². The molecular weight excluding hydrogens is 322 g/mol. The highest BCUT2D eigenvalue weighted by molar-refractivity contribution is 9.10. The predicted molar refractivity (Wildman–Crippen MR) is 76.9 cm³/mol. The van der Waals surface area contributed by atoms with Crippen molar-refractivity contribution in [1.82, 2.24) is 4.90 Å². The van der Waals surface area contributed by atoms with Crippen LogP contribution in [0.25, 0.3) is 0 Å². The van der Waals surface area contributed by atoms with Crippen molar-refractivity contribution in [3.05, 3.63) is 34.3 Å². The van der Waals surface area contributed by atoms with Crippen molar-refractivity contribution in [1.29, 1.82) is 0 Å². The molecule has 2 aliphatic rings. The molecule has 0 bridgehead atoms. The minimum atomic E-state index is -0.319. The Kier molecular flexibility index (Phi) is 3.32. The molecular formula is C15H16BrNO3. The van der Waals surface area contributed by atoms with E-state index in [2.05, 4.69) is 28.1 Å². The number of carbonyl (C=O) groups is 2. The second-order valence-corrected chi connectivity index (χ2v) is 6.38. The van der Waals surface area contributed by atoms with Gasteiger partial charge in [-0.05, 0) is 30.5 Å². The molecule has 1 saturated carbocycles.